The van der Waals surface area contributed by atoms with E-state index in [2.05, 4.69) is 9.46 Å². The molecule has 124 valence electrons. The molecule has 0 aliphatic rings. The molecule has 0 saturated carbocycles. The minimum Gasteiger partial charge on any atom is -0.469 e. The number of halogens is 3. The number of sulfonamides is 1. The Morgan fingerprint density at radius 1 is 1.23 bits per heavy atom. The predicted molar refractivity (Wildman–Crippen MR) is 72.5 cm³/mol. The number of carbonyl (C=O) groups is 1. The molecular formula is C13H16F3NO4S. The van der Waals surface area contributed by atoms with Crippen LogP contribution in [0, 0.1) is 0 Å². The maximum atomic E-state index is 12.8. The van der Waals surface area contributed by atoms with Crippen molar-refractivity contribution in [3.8, 4) is 0 Å². The van der Waals surface area contributed by atoms with Crippen LogP contribution in [0.15, 0.2) is 29.2 Å². The summed E-state index contributed by atoms with van der Waals surface area (Å²) in [5.41, 5.74) is -1.21. The fourth-order valence-electron chi connectivity index (χ4n) is 1.72. The van der Waals surface area contributed by atoms with Crippen LogP contribution in [-0.2, 0) is 25.7 Å². The molecule has 0 atom stereocenters. The van der Waals surface area contributed by atoms with Crippen LogP contribution in [0.5, 0.6) is 0 Å². The minimum absolute atomic E-state index is 0.0640. The van der Waals surface area contributed by atoms with Crippen molar-refractivity contribution >= 4 is 16.0 Å². The Bertz CT molecular complexity index is 614. The Morgan fingerprint density at radius 3 is 2.45 bits per heavy atom. The molecule has 1 aromatic rings. The normalized spacial score (nSPS) is 12.2. The standard InChI is InChI=1S/C13H16F3NO4S/c1-21-12(18)8-4-5-9-17-22(19,20)11-7-3-2-6-10(11)13(14,15)16/h2-3,6-7,17H,4-5,8-9H2,1H3. The van der Waals surface area contributed by atoms with Crippen molar-refractivity contribution in [2.24, 2.45) is 0 Å². The number of carbonyl (C=O) groups excluding carboxylic acids is 1. The Balaban J connectivity index is 2.70. The van der Waals surface area contributed by atoms with Crippen LogP contribution in [0.4, 0.5) is 13.2 Å². The average molecular weight is 339 g/mol. The first-order chi connectivity index (χ1) is 10.2. The lowest BCUT2D eigenvalue weighted by Crippen LogP contribution is -2.27. The highest BCUT2D eigenvalue weighted by atomic mass is 32.2. The fraction of sp³-hybridized carbons (Fsp3) is 0.462. The Labute approximate surface area is 126 Å². The number of nitrogens with one attached hydrogen (secondary N) is 1. The van der Waals surface area contributed by atoms with E-state index in [9.17, 15) is 26.4 Å². The van der Waals surface area contributed by atoms with Crippen LogP contribution in [0.25, 0.3) is 0 Å². The van der Waals surface area contributed by atoms with Crippen LogP contribution in [-0.4, -0.2) is 28.0 Å². The average Bonchev–Trinajstić information content (AvgIpc) is 2.45. The van der Waals surface area contributed by atoms with Crippen molar-refractivity contribution in [1.82, 2.24) is 4.72 Å². The third-order valence-electron chi connectivity index (χ3n) is 2.81. The summed E-state index contributed by atoms with van der Waals surface area (Å²) < 4.78 is 68.8. The molecule has 1 rings (SSSR count). The summed E-state index contributed by atoms with van der Waals surface area (Å²) in [6.45, 7) is -0.0640. The van der Waals surface area contributed by atoms with Gasteiger partial charge in [-0.1, -0.05) is 12.1 Å². The van der Waals surface area contributed by atoms with Gasteiger partial charge in [-0.2, -0.15) is 13.2 Å². The van der Waals surface area contributed by atoms with Crippen LogP contribution >= 0.6 is 0 Å². The van der Waals surface area contributed by atoms with Gasteiger partial charge in [0, 0.05) is 13.0 Å². The number of methoxy groups -OCH3 is 1. The third-order valence-corrected chi connectivity index (χ3v) is 4.33. The molecule has 0 fully saturated rings. The van der Waals surface area contributed by atoms with Gasteiger partial charge in [0.15, 0.2) is 0 Å². The summed E-state index contributed by atoms with van der Waals surface area (Å²) in [7, 11) is -3.03. The second kappa shape index (κ2) is 7.59. The van der Waals surface area contributed by atoms with Gasteiger partial charge in [-0.05, 0) is 25.0 Å². The molecular weight excluding hydrogens is 323 g/mol. The van der Waals surface area contributed by atoms with Gasteiger partial charge in [0.05, 0.1) is 17.6 Å². The second-order valence-electron chi connectivity index (χ2n) is 4.42. The van der Waals surface area contributed by atoms with E-state index in [0.717, 1.165) is 12.1 Å². The van der Waals surface area contributed by atoms with Gasteiger partial charge in [-0.25, -0.2) is 13.1 Å². The molecule has 0 aromatic heterocycles. The van der Waals surface area contributed by atoms with Crippen molar-refractivity contribution in [1.29, 1.82) is 0 Å². The van der Waals surface area contributed by atoms with E-state index >= 15 is 0 Å². The van der Waals surface area contributed by atoms with E-state index < -0.39 is 32.6 Å². The molecule has 0 bridgehead atoms. The van der Waals surface area contributed by atoms with Gasteiger partial charge < -0.3 is 4.74 Å². The van der Waals surface area contributed by atoms with Crippen LogP contribution < -0.4 is 4.72 Å². The van der Waals surface area contributed by atoms with Crippen molar-refractivity contribution in [3.63, 3.8) is 0 Å². The molecule has 1 aromatic carbocycles. The number of hydrogen-bond donors (Lipinski definition) is 1. The number of benzene rings is 1. The minimum atomic E-state index is -4.75. The lowest BCUT2D eigenvalue weighted by atomic mass is 10.2. The predicted octanol–water partition coefficient (Wildman–Crippen LogP) is 2.33. The smallest absolute Gasteiger partial charge is 0.417 e. The number of unbranched alkanes of at least 4 members (excludes halogenated alkanes) is 1. The van der Waals surface area contributed by atoms with E-state index in [1.807, 2.05) is 0 Å². The van der Waals surface area contributed by atoms with Gasteiger partial charge in [0.2, 0.25) is 10.0 Å². The van der Waals surface area contributed by atoms with Crippen LogP contribution in [0.3, 0.4) is 0 Å². The Kier molecular flexibility index (Phi) is 6.36. The molecule has 5 nitrogen and oxygen atoms in total. The fourth-order valence-corrected chi connectivity index (χ4v) is 3.02. The van der Waals surface area contributed by atoms with Gasteiger partial charge in [0.25, 0.3) is 0 Å². The summed E-state index contributed by atoms with van der Waals surface area (Å²) in [5, 5.41) is 0. The summed E-state index contributed by atoms with van der Waals surface area (Å²) in [5.74, 6) is -0.426. The molecule has 22 heavy (non-hydrogen) atoms. The number of esters is 1. The Hall–Kier alpha value is -1.61. The Morgan fingerprint density at radius 2 is 1.86 bits per heavy atom. The number of alkyl halides is 3. The van der Waals surface area contributed by atoms with Gasteiger partial charge in [-0.3, -0.25) is 4.79 Å². The van der Waals surface area contributed by atoms with Crippen molar-refractivity contribution in [3.05, 3.63) is 29.8 Å². The summed E-state index contributed by atoms with van der Waals surface area (Å²) >= 11 is 0. The van der Waals surface area contributed by atoms with Crippen molar-refractivity contribution in [2.75, 3.05) is 13.7 Å². The maximum Gasteiger partial charge on any atom is 0.417 e. The topological polar surface area (TPSA) is 72.5 Å². The van der Waals surface area contributed by atoms with Crippen LogP contribution in [0.2, 0.25) is 0 Å². The monoisotopic (exact) mass is 339 g/mol. The first-order valence-corrected chi connectivity index (χ1v) is 7.89. The maximum absolute atomic E-state index is 12.8. The SMILES string of the molecule is COC(=O)CCCCNS(=O)(=O)c1ccccc1C(F)(F)F. The first-order valence-electron chi connectivity index (χ1n) is 6.41. The second-order valence-corrected chi connectivity index (χ2v) is 6.16. The van der Waals surface area contributed by atoms with Gasteiger partial charge in [-0.15, -0.1) is 0 Å². The summed E-state index contributed by atoms with van der Waals surface area (Å²) in [4.78, 5) is 10.1. The molecule has 1 N–H and O–H groups in total. The molecule has 0 amide bonds. The number of rotatable bonds is 7. The van der Waals surface area contributed by atoms with E-state index in [-0.39, 0.29) is 13.0 Å². The molecule has 0 saturated heterocycles. The van der Waals surface area contributed by atoms with E-state index in [1.54, 1.807) is 0 Å². The molecule has 0 unspecified atom stereocenters. The molecule has 9 heteroatoms. The summed E-state index contributed by atoms with van der Waals surface area (Å²) in [6.07, 6.45) is -3.95. The molecule has 0 aliphatic carbocycles. The zero-order valence-corrected chi connectivity index (χ0v) is 12.6. The first kappa shape index (κ1) is 18.4. The van der Waals surface area contributed by atoms with Gasteiger partial charge in [0.1, 0.15) is 0 Å². The highest BCUT2D eigenvalue weighted by Crippen LogP contribution is 2.33. The molecule has 0 radical (unpaired) electrons. The number of ether oxygens (including phenoxy) is 1. The lowest BCUT2D eigenvalue weighted by Gasteiger charge is -2.13. The van der Waals surface area contributed by atoms with Crippen LogP contribution in [0.1, 0.15) is 24.8 Å². The summed E-state index contributed by atoms with van der Waals surface area (Å²) in [6, 6.07) is 3.96. The third kappa shape index (κ3) is 5.30. The van der Waals surface area contributed by atoms with E-state index in [0.29, 0.717) is 18.9 Å². The lowest BCUT2D eigenvalue weighted by molar-refractivity contribution is -0.141. The number of hydrogen-bond acceptors (Lipinski definition) is 4. The van der Waals surface area contributed by atoms with Crippen molar-refractivity contribution in [2.45, 2.75) is 30.3 Å². The largest absolute Gasteiger partial charge is 0.469 e. The molecule has 0 aliphatic heterocycles. The molecule has 0 spiro atoms. The zero-order chi connectivity index (χ0) is 16.8. The highest BCUT2D eigenvalue weighted by molar-refractivity contribution is 7.89. The quantitative estimate of drug-likeness (QED) is 0.611. The van der Waals surface area contributed by atoms with Gasteiger partial charge >= 0.3 is 12.1 Å². The van der Waals surface area contributed by atoms with Crippen molar-refractivity contribution < 1.29 is 31.1 Å². The zero-order valence-electron chi connectivity index (χ0n) is 11.8. The highest BCUT2D eigenvalue weighted by Gasteiger charge is 2.36. The van der Waals surface area contributed by atoms with E-state index in [4.69, 9.17) is 0 Å². The van der Waals surface area contributed by atoms with E-state index in [1.165, 1.54) is 13.2 Å². The molecule has 0 heterocycles.